The van der Waals surface area contributed by atoms with Gasteiger partial charge in [0.1, 0.15) is 0 Å². The molecule has 0 saturated heterocycles. The molecule has 0 aliphatic heterocycles. The van der Waals surface area contributed by atoms with E-state index in [9.17, 15) is 9.59 Å². The molecule has 24 heavy (non-hydrogen) atoms. The summed E-state index contributed by atoms with van der Waals surface area (Å²) >= 11 is 0. The summed E-state index contributed by atoms with van der Waals surface area (Å²) < 4.78 is 9.74. The van der Waals surface area contributed by atoms with Gasteiger partial charge in [-0.15, -0.1) is 0 Å². The Morgan fingerprint density at radius 1 is 1.12 bits per heavy atom. The number of ether oxygens (including phenoxy) is 2. The van der Waals surface area contributed by atoms with Crippen LogP contribution in [0.1, 0.15) is 29.8 Å². The topological polar surface area (TPSA) is 96.3 Å². The SMILES string of the molecule is CC(C)C(=O)OCOC(=O)c1cccc(CN(CCO)CCO)c1. The molecule has 134 valence electrons. The summed E-state index contributed by atoms with van der Waals surface area (Å²) in [4.78, 5) is 25.1. The van der Waals surface area contributed by atoms with E-state index in [1.807, 2.05) is 11.0 Å². The van der Waals surface area contributed by atoms with Crippen molar-refractivity contribution in [3.63, 3.8) is 0 Å². The lowest BCUT2D eigenvalue weighted by atomic mass is 10.1. The van der Waals surface area contributed by atoms with Gasteiger partial charge in [0.05, 0.1) is 24.7 Å². The molecule has 1 rings (SSSR count). The molecular formula is C17H25NO6. The van der Waals surface area contributed by atoms with E-state index in [-0.39, 0.29) is 19.1 Å². The molecule has 1 aromatic rings. The van der Waals surface area contributed by atoms with Crippen molar-refractivity contribution in [1.82, 2.24) is 4.90 Å². The molecular weight excluding hydrogens is 314 g/mol. The molecule has 0 aromatic heterocycles. The summed E-state index contributed by atoms with van der Waals surface area (Å²) in [7, 11) is 0. The smallest absolute Gasteiger partial charge is 0.341 e. The van der Waals surface area contributed by atoms with Crippen molar-refractivity contribution in [3.8, 4) is 0 Å². The summed E-state index contributed by atoms with van der Waals surface area (Å²) in [5.74, 6) is -1.29. The minimum absolute atomic E-state index is 0.0110. The first-order valence-corrected chi connectivity index (χ1v) is 7.84. The van der Waals surface area contributed by atoms with Crippen molar-refractivity contribution in [2.75, 3.05) is 33.1 Å². The summed E-state index contributed by atoms with van der Waals surface area (Å²) in [6.07, 6.45) is 0. The van der Waals surface area contributed by atoms with E-state index < -0.39 is 18.7 Å². The lowest BCUT2D eigenvalue weighted by molar-refractivity contribution is -0.155. The fourth-order valence-corrected chi connectivity index (χ4v) is 2.00. The Bertz CT molecular complexity index is 526. The van der Waals surface area contributed by atoms with E-state index in [0.717, 1.165) is 5.56 Å². The highest BCUT2D eigenvalue weighted by molar-refractivity contribution is 5.89. The van der Waals surface area contributed by atoms with Crippen LogP contribution in [0.4, 0.5) is 0 Å². The van der Waals surface area contributed by atoms with Gasteiger partial charge in [-0.2, -0.15) is 0 Å². The Morgan fingerprint density at radius 2 is 1.79 bits per heavy atom. The number of benzene rings is 1. The molecule has 0 spiro atoms. The van der Waals surface area contributed by atoms with Crippen LogP contribution in [0.2, 0.25) is 0 Å². The van der Waals surface area contributed by atoms with Gasteiger partial charge in [0, 0.05) is 19.6 Å². The second kappa shape index (κ2) is 10.7. The monoisotopic (exact) mass is 339 g/mol. The predicted octanol–water partition coefficient (Wildman–Crippen LogP) is 0.787. The van der Waals surface area contributed by atoms with Crippen molar-refractivity contribution >= 4 is 11.9 Å². The number of hydrogen-bond acceptors (Lipinski definition) is 7. The Morgan fingerprint density at radius 3 is 2.38 bits per heavy atom. The first kappa shape index (κ1) is 20.1. The van der Waals surface area contributed by atoms with Gasteiger partial charge in [-0.25, -0.2) is 4.79 Å². The van der Waals surface area contributed by atoms with Gasteiger partial charge in [0.25, 0.3) is 0 Å². The summed E-state index contributed by atoms with van der Waals surface area (Å²) in [5.41, 5.74) is 1.20. The number of carbonyl (C=O) groups is 2. The zero-order valence-corrected chi connectivity index (χ0v) is 14.1. The highest BCUT2D eigenvalue weighted by atomic mass is 16.7. The number of nitrogens with zero attached hydrogens (tertiary/aromatic N) is 1. The van der Waals surface area contributed by atoms with Gasteiger partial charge >= 0.3 is 11.9 Å². The van der Waals surface area contributed by atoms with E-state index >= 15 is 0 Å². The molecule has 0 amide bonds. The number of aliphatic hydroxyl groups excluding tert-OH is 2. The largest absolute Gasteiger partial charge is 0.428 e. The van der Waals surface area contributed by atoms with E-state index in [1.165, 1.54) is 0 Å². The minimum Gasteiger partial charge on any atom is -0.428 e. The molecule has 0 radical (unpaired) electrons. The van der Waals surface area contributed by atoms with Crippen LogP contribution in [-0.4, -0.2) is 60.1 Å². The average molecular weight is 339 g/mol. The van der Waals surface area contributed by atoms with Crippen LogP contribution in [0.15, 0.2) is 24.3 Å². The van der Waals surface area contributed by atoms with Crippen LogP contribution in [0.5, 0.6) is 0 Å². The quantitative estimate of drug-likeness (QED) is 0.480. The lowest BCUT2D eigenvalue weighted by Crippen LogP contribution is -2.29. The highest BCUT2D eigenvalue weighted by Crippen LogP contribution is 2.10. The van der Waals surface area contributed by atoms with Crippen molar-refractivity contribution < 1.29 is 29.3 Å². The molecule has 0 aliphatic carbocycles. The first-order chi connectivity index (χ1) is 11.5. The maximum absolute atomic E-state index is 12.0. The van der Waals surface area contributed by atoms with Gasteiger partial charge < -0.3 is 19.7 Å². The fourth-order valence-electron chi connectivity index (χ4n) is 2.00. The van der Waals surface area contributed by atoms with E-state index in [1.54, 1.807) is 32.0 Å². The third-order valence-corrected chi connectivity index (χ3v) is 3.26. The number of rotatable bonds is 10. The number of esters is 2. The van der Waals surface area contributed by atoms with Crippen molar-refractivity contribution in [1.29, 1.82) is 0 Å². The molecule has 2 N–H and O–H groups in total. The number of aliphatic hydroxyl groups is 2. The molecule has 0 bridgehead atoms. The van der Waals surface area contributed by atoms with Gasteiger partial charge in [-0.3, -0.25) is 9.69 Å². The Balaban J connectivity index is 2.60. The zero-order valence-electron chi connectivity index (χ0n) is 14.1. The van der Waals surface area contributed by atoms with Crippen LogP contribution >= 0.6 is 0 Å². The number of hydrogen-bond donors (Lipinski definition) is 2. The normalized spacial score (nSPS) is 10.9. The van der Waals surface area contributed by atoms with Gasteiger partial charge in [0.2, 0.25) is 6.79 Å². The van der Waals surface area contributed by atoms with E-state index in [2.05, 4.69) is 0 Å². The van der Waals surface area contributed by atoms with Crippen LogP contribution in [-0.2, 0) is 20.8 Å². The van der Waals surface area contributed by atoms with Gasteiger partial charge in [-0.1, -0.05) is 26.0 Å². The van der Waals surface area contributed by atoms with Crippen molar-refractivity contribution in [3.05, 3.63) is 35.4 Å². The minimum atomic E-state index is -0.579. The maximum atomic E-state index is 12.0. The Labute approximate surface area is 141 Å². The third-order valence-electron chi connectivity index (χ3n) is 3.26. The molecule has 0 saturated carbocycles. The molecule has 0 aliphatic rings. The molecule has 0 unspecified atom stereocenters. The fraction of sp³-hybridized carbons (Fsp3) is 0.529. The summed E-state index contributed by atoms with van der Waals surface area (Å²) in [6, 6.07) is 6.85. The van der Waals surface area contributed by atoms with Crippen molar-refractivity contribution in [2.24, 2.45) is 5.92 Å². The summed E-state index contributed by atoms with van der Waals surface area (Å²) in [5, 5.41) is 18.1. The van der Waals surface area contributed by atoms with E-state index in [4.69, 9.17) is 19.7 Å². The van der Waals surface area contributed by atoms with Gasteiger partial charge in [0.15, 0.2) is 0 Å². The molecule has 0 atom stereocenters. The highest BCUT2D eigenvalue weighted by Gasteiger charge is 2.12. The average Bonchev–Trinajstić information content (AvgIpc) is 2.55. The van der Waals surface area contributed by atoms with Crippen LogP contribution in [0.3, 0.4) is 0 Å². The number of carbonyl (C=O) groups excluding carboxylic acids is 2. The van der Waals surface area contributed by atoms with E-state index in [0.29, 0.717) is 25.2 Å². The van der Waals surface area contributed by atoms with Crippen LogP contribution in [0, 0.1) is 5.92 Å². The lowest BCUT2D eigenvalue weighted by Gasteiger charge is -2.20. The maximum Gasteiger partial charge on any atom is 0.341 e. The zero-order chi connectivity index (χ0) is 17.9. The molecule has 0 heterocycles. The van der Waals surface area contributed by atoms with Crippen LogP contribution < -0.4 is 0 Å². The second-order valence-electron chi connectivity index (χ2n) is 5.59. The molecule has 1 aromatic carbocycles. The standard InChI is InChI=1S/C17H25NO6/c1-13(2)16(21)23-12-24-17(22)15-5-3-4-14(10-15)11-18(6-8-19)7-9-20/h3-5,10,13,19-20H,6-9,11-12H2,1-2H3. The predicted molar refractivity (Wildman–Crippen MR) is 87.1 cm³/mol. The molecule has 7 nitrogen and oxygen atoms in total. The molecule has 7 heteroatoms. The Hall–Kier alpha value is -1.96. The van der Waals surface area contributed by atoms with Crippen molar-refractivity contribution in [2.45, 2.75) is 20.4 Å². The summed E-state index contributed by atoms with van der Waals surface area (Å²) in [6.45, 7) is 4.30. The Kier molecular flexibility index (Phi) is 8.99. The third kappa shape index (κ3) is 7.08. The first-order valence-electron chi connectivity index (χ1n) is 7.84. The van der Waals surface area contributed by atoms with Crippen LogP contribution in [0.25, 0.3) is 0 Å². The molecule has 0 fully saturated rings. The van der Waals surface area contributed by atoms with Gasteiger partial charge in [-0.05, 0) is 17.7 Å². The second-order valence-corrected chi connectivity index (χ2v) is 5.59.